The fourth-order valence-corrected chi connectivity index (χ4v) is 4.21. The first kappa shape index (κ1) is 16.8. The van der Waals surface area contributed by atoms with Crippen LogP contribution in [-0.2, 0) is 9.53 Å². The maximum Gasteiger partial charge on any atom is 0.305 e. The van der Waals surface area contributed by atoms with Crippen LogP contribution in [0.2, 0.25) is 0 Å². The molecule has 0 aromatic heterocycles. The number of carbonyl (C=O) groups excluding carboxylic acids is 1. The monoisotopic (exact) mass is 294 g/mol. The summed E-state index contributed by atoms with van der Waals surface area (Å²) in [5.41, 5.74) is 0. The lowest BCUT2D eigenvalue weighted by atomic mass is 9.76. The van der Waals surface area contributed by atoms with E-state index in [1.54, 1.807) is 0 Å². The molecule has 2 heteroatoms. The molecule has 0 aromatic carbocycles. The Balaban J connectivity index is 1.58. The molecule has 0 N–H and O–H groups in total. The van der Waals surface area contributed by atoms with E-state index in [9.17, 15) is 4.79 Å². The first-order valence-electron chi connectivity index (χ1n) is 9.40. The second-order valence-electron chi connectivity index (χ2n) is 7.36. The molecular formula is C19H34O2. The third-order valence-corrected chi connectivity index (χ3v) is 5.91. The molecule has 0 aliphatic heterocycles. The summed E-state index contributed by atoms with van der Waals surface area (Å²) >= 11 is 0. The quantitative estimate of drug-likeness (QED) is 0.605. The largest absolute Gasteiger partial charge is 0.462 e. The van der Waals surface area contributed by atoms with Crippen LogP contribution in [0.4, 0.5) is 0 Å². The fraction of sp³-hybridized carbons (Fsp3) is 0.947. The Bertz CT molecular complexity index is 297. The Morgan fingerprint density at radius 1 is 0.810 bits per heavy atom. The average molecular weight is 294 g/mol. The van der Waals surface area contributed by atoms with E-state index in [4.69, 9.17) is 4.74 Å². The number of ether oxygens (including phenoxy) is 1. The average Bonchev–Trinajstić information content (AvgIpc) is 2.54. The summed E-state index contributed by atoms with van der Waals surface area (Å²) in [5.74, 6) is 2.89. The predicted molar refractivity (Wildman–Crippen MR) is 87.1 cm³/mol. The highest BCUT2D eigenvalue weighted by atomic mass is 16.5. The molecule has 2 aliphatic carbocycles. The Labute approximate surface area is 131 Å². The van der Waals surface area contributed by atoms with Gasteiger partial charge in [-0.1, -0.05) is 58.8 Å². The Morgan fingerprint density at radius 2 is 1.29 bits per heavy atom. The summed E-state index contributed by atoms with van der Waals surface area (Å²) in [5, 5.41) is 0. The molecule has 2 rings (SSSR count). The number of rotatable bonds is 6. The molecule has 0 heterocycles. The van der Waals surface area contributed by atoms with Gasteiger partial charge < -0.3 is 4.74 Å². The summed E-state index contributed by atoms with van der Waals surface area (Å²) in [6.45, 7) is 4.22. The molecule has 2 saturated carbocycles. The Hall–Kier alpha value is -0.530. The van der Waals surface area contributed by atoms with Gasteiger partial charge >= 0.3 is 5.97 Å². The number of hydrogen-bond donors (Lipinski definition) is 0. The number of esters is 1. The molecule has 0 amide bonds. The van der Waals surface area contributed by atoms with E-state index in [-0.39, 0.29) is 12.1 Å². The first-order valence-corrected chi connectivity index (χ1v) is 9.40. The van der Waals surface area contributed by atoms with Crippen LogP contribution in [0.25, 0.3) is 0 Å². The minimum Gasteiger partial charge on any atom is -0.462 e. The van der Waals surface area contributed by atoms with Crippen molar-refractivity contribution in [2.24, 2.45) is 17.8 Å². The van der Waals surface area contributed by atoms with Gasteiger partial charge in [0.25, 0.3) is 0 Å². The lowest BCUT2D eigenvalue weighted by Gasteiger charge is -2.31. The Morgan fingerprint density at radius 3 is 1.76 bits per heavy atom. The lowest BCUT2D eigenvalue weighted by molar-refractivity contribution is -0.150. The molecule has 122 valence electrons. The molecule has 0 aromatic rings. The standard InChI is InChI=1S/C19H34O2/c1-3-15-5-7-16(8-6-15)9-10-17-11-13-18(14-12-17)21-19(20)4-2/h15-18H,3-14H2,1-2H3. The summed E-state index contributed by atoms with van der Waals surface area (Å²) in [6.07, 6.45) is 15.6. The van der Waals surface area contributed by atoms with Gasteiger partial charge in [-0.15, -0.1) is 0 Å². The molecule has 0 atom stereocenters. The molecule has 2 aliphatic rings. The summed E-state index contributed by atoms with van der Waals surface area (Å²) < 4.78 is 5.47. The van der Waals surface area contributed by atoms with Crippen molar-refractivity contribution >= 4 is 5.97 Å². The molecule has 0 unspecified atom stereocenters. The van der Waals surface area contributed by atoms with Gasteiger partial charge in [0, 0.05) is 6.42 Å². The number of hydrogen-bond acceptors (Lipinski definition) is 2. The highest BCUT2D eigenvalue weighted by Crippen LogP contribution is 2.36. The zero-order valence-electron chi connectivity index (χ0n) is 14.1. The van der Waals surface area contributed by atoms with Crippen molar-refractivity contribution < 1.29 is 9.53 Å². The van der Waals surface area contributed by atoms with Gasteiger partial charge in [0.15, 0.2) is 0 Å². The van der Waals surface area contributed by atoms with E-state index in [1.165, 1.54) is 57.8 Å². The van der Waals surface area contributed by atoms with Crippen molar-refractivity contribution in [1.82, 2.24) is 0 Å². The van der Waals surface area contributed by atoms with E-state index in [2.05, 4.69) is 6.92 Å². The number of carbonyl (C=O) groups is 1. The van der Waals surface area contributed by atoms with Gasteiger partial charge in [-0.05, 0) is 43.4 Å². The molecule has 0 radical (unpaired) electrons. The third-order valence-electron chi connectivity index (χ3n) is 5.91. The normalized spacial score (nSPS) is 33.6. The van der Waals surface area contributed by atoms with Gasteiger partial charge in [0.05, 0.1) is 0 Å². The Kier molecular flexibility index (Phi) is 7.06. The summed E-state index contributed by atoms with van der Waals surface area (Å²) in [7, 11) is 0. The van der Waals surface area contributed by atoms with E-state index < -0.39 is 0 Å². The van der Waals surface area contributed by atoms with Gasteiger partial charge in [0.2, 0.25) is 0 Å². The van der Waals surface area contributed by atoms with Gasteiger partial charge in [-0.2, -0.15) is 0 Å². The highest BCUT2D eigenvalue weighted by Gasteiger charge is 2.25. The van der Waals surface area contributed by atoms with E-state index in [0.717, 1.165) is 30.6 Å². The van der Waals surface area contributed by atoms with Crippen molar-refractivity contribution in [3.8, 4) is 0 Å². The smallest absolute Gasteiger partial charge is 0.305 e. The topological polar surface area (TPSA) is 26.3 Å². The van der Waals surface area contributed by atoms with Gasteiger partial charge in [-0.25, -0.2) is 0 Å². The van der Waals surface area contributed by atoms with E-state index >= 15 is 0 Å². The third kappa shape index (κ3) is 5.64. The SMILES string of the molecule is CCC(=O)OC1CCC(CCC2CCC(CC)CC2)CC1. The highest BCUT2D eigenvalue weighted by molar-refractivity contribution is 5.69. The molecule has 0 spiro atoms. The fourth-order valence-electron chi connectivity index (χ4n) is 4.21. The second-order valence-corrected chi connectivity index (χ2v) is 7.36. The van der Waals surface area contributed by atoms with E-state index in [0.29, 0.717) is 6.42 Å². The first-order chi connectivity index (χ1) is 10.2. The molecule has 2 nitrogen and oxygen atoms in total. The zero-order valence-corrected chi connectivity index (χ0v) is 14.1. The van der Waals surface area contributed by atoms with E-state index in [1.807, 2.05) is 6.92 Å². The minimum absolute atomic E-state index is 0.0221. The molecule has 0 saturated heterocycles. The van der Waals surface area contributed by atoms with Gasteiger partial charge in [0.1, 0.15) is 6.10 Å². The van der Waals surface area contributed by atoms with Crippen molar-refractivity contribution in [1.29, 1.82) is 0 Å². The van der Waals surface area contributed by atoms with Crippen LogP contribution < -0.4 is 0 Å². The predicted octanol–water partition coefficient (Wildman–Crippen LogP) is 5.50. The summed E-state index contributed by atoms with van der Waals surface area (Å²) in [6, 6.07) is 0. The van der Waals surface area contributed by atoms with Crippen LogP contribution >= 0.6 is 0 Å². The van der Waals surface area contributed by atoms with Crippen LogP contribution in [0.5, 0.6) is 0 Å². The zero-order chi connectivity index (χ0) is 15.1. The van der Waals surface area contributed by atoms with Crippen LogP contribution in [0.1, 0.15) is 90.9 Å². The maximum atomic E-state index is 11.3. The van der Waals surface area contributed by atoms with Crippen molar-refractivity contribution in [2.45, 2.75) is 97.0 Å². The van der Waals surface area contributed by atoms with Crippen molar-refractivity contribution in [2.75, 3.05) is 0 Å². The molecule has 0 bridgehead atoms. The minimum atomic E-state index is -0.0221. The van der Waals surface area contributed by atoms with Crippen molar-refractivity contribution in [3.05, 3.63) is 0 Å². The van der Waals surface area contributed by atoms with Crippen LogP contribution in [-0.4, -0.2) is 12.1 Å². The van der Waals surface area contributed by atoms with Crippen LogP contribution in [0.3, 0.4) is 0 Å². The lowest BCUT2D eigenvalue weighted by Crippen LogP contribution is -2.24. The molecular weight excluding hydrogens is 260 g/mol. The second kappa shape index (κ2) is 8.80. The maximum absolute atomic E-state index is 11.3. The molecule has 21 heavy (non-hydrogen) atoms. The van der Waals surface area contributed by atoms with Crippen molar-refractivity contribution in [3.63, 3.8) is 0 Å². The van der Waals surface area contributed by atoms with Gasteiger partial charge in [-0.3, -0.25) is 4.79 Å². The molecule has 2 fully saturated rings. The van der Waals surface area contributed by atoms with Crippen LogP contribution in [0, 0.1) is 17.8 Å². The van der Waals surface area contributed by atoms with Crippen LogP contribution in [0.15, 0.2) is 0 Å². The summed E-state index contributed by atoms with van der Waals surface area (Å²) in [4.78, 5) is 11.3.